The van der Waals surface area contributed by atoms with Crippen molar-refractivity contribution in [3.8, 4) is 0 Å². The molecule has 1 nitrogen and oxygen atoms in total. The molecular weight excluding hydrogens is 146 g/mol. The third-order valence-electron chi connectivity index (χ3n) is 1.57. The maximum absolute atomic E-state index is 7.24. The average Bonchev–Trinajstić information content (AvgIpc) is 1.81. The van der Waals surface area contributed by atoms with Crippen LogP contribution in [-0.4, -0.2) is 11.3 Å². The number of nitrogens with zero attached hydrogens (tertiary/aromatic N) is 1. The minimum atomic E-state index is -0.0161. The first-order valence-electron chi connectivity index (χ1n) is 5.26. The van der Waals surface area contributed by atoms with Gasteiger partial charge in [0.15, 0.2) is 0 Å². The molecule has 0 rings (SSSR count). The van der Waals surface area contributed by atoms with E-state index in [0.29, 0.717) is 6.90 Å². The van der Waals surface area contributed by atoms with Crippen LogP contribution in [0.25, 0.3) is 0 Å². The number of aliphatic imine (C=N–C) groups is 1. The van der Waals surface area contributed by atoms with E-state index in [0.717, 1.165) is 12.1 Å². The van der Waals surface area contributed by atoms with Crippen LogP contribution in [0.5, 0.6) is 0 Å². The van der Waals surface area contributed by atoms with Gasteiger partial charge in [-0.25, -0.2) is 0 Å². The molecule has 0 amide bonds. The maximum Gasteiger partial charge on any atom is 0.0523 e. The summed E-state index contributed by atoms with van der Waals surface area (Å²) in [6, 6.07) is 0. The zero-order chi connectivity index (χ0) is 10.7. The fourth-order valence-corrected chi connectivity index (χ4v) is 1.00. The van der Waals surface area contributed by atoms with Crippen LogP contribution in [0, 0.1) is 5.41 Å². The van der Waals surface area contributed by atoms with Gasteiger partial charge in [0.25, 0.3) is 0 Å². The Kier molecular flexibility index (Phi) is 2.92. The highest BCUT2D eigenvalue weighted by molar-refractivity contribution is 5.89. The predicted octanol–water partition coefficient (Wildman–Crippen LogP) is 3.68. The normalized spacial score (nSPS) is 16.2. The van der Waals surface area contributed by atoms with E-state index >= 15 is 0 Å². The number of hydrogen-bond donors (Lipinski definition) is 0. The molecule has 0 saturated heterocycles. The Morgan fingerprint density at radius 1 is 1.17 bits per heavy atom. The summed E-state index contributed by atoms with van der Waals surface area (Å²) >= 11 is 0. The monoisotopic (exact) mass is 170 g/mol. The van der Waals surface area contributed by atoms with Gasteiger partial charge in [-0.05, 0) is 32.6 Å². The lowest BCUT2D eigenvalue weighted by atomic mass is 9.87. The summed E-state index contributed by atoms with van der Waals surface area (Å²) in [6.45, 7) is 13.2. The molecule has 0 unspecified atom stereocenters. The molecule has 1 heteroatoms. The van der Waals surface area contributed by atoms with Crippen molar-refractivity contribution in [2.75, 3.05) is 0 Å². The van der Waals surface area contributed by atoms with Crippen LogP contribution in [-0.2, 0) is 0 Å². The van der Waals surface area contributed by atoms with Gasteiger partial charge in [-0.15, -0.1) is 0 Å². The van der Waals surface area contributed by atoms with Crippen molar-refractivity contribution < 1.29 is 1.37 Å². The molecule has 0 aliphatic carbocycles. The molecule has 0 N–H and O–H groups in total. The van der Waals surface area contributed by atoms with E-state index in [9.17, 15) is 0 Å². The van der Waals surface area contributed by atoms with Gasteiger partial charge in [0.2, 0.25) is 0 Å². The Morgan fingerprint density at radius 2 is 1.67 bits per heavy atom. The van der Waals surface area contributed by atoms with Crippen LogP contribution in [0.1, 0.15) is 56.2 Å². The van der Waals surface area contributed by atoms with Crippen molar-refractivity contribution in [1.82, 2.24) is 0 Å². The van der Waals surface area contributed by atoms with Gasteiger partial charge in [0, 0.05) is 7.08 Å². The molecule has 0 atom stereocenters. The van der Waals surface area contributed by atoms with Gasteiger partial charge in [-0.1, -0.05) is 27.7 Å². The Bertz CT molecular complexity index is 181. The molecule has 0 saturated carbocycles. The highest BCUT2D eigenvalue weighted by Crippen LogP contribution is 2.21. The molecular formula is C11H23N. The quantitative estimate of drug-likeness (QED) is 0.532. The third-order valence-corrected chi connectivity index (χ3v) is 1.57. The molecule has 0 aromatic heterocycles. The summed E-state index contributed by atoms with van der Waals surface area (Å²) < 4.78 is 7.24. The Balaban J connectivity index is 4.71. The van der Waals surface area contributed by atoms with E-state index in [1.165, 1.54) is 0 Å². The van der Waals surface area contributed by atoms with Gasteiger partial charge in [-0.2, -0.15) is 0 Å². The topological polar surface area (TPSA) is 12.4 Å². The smallest absolute Gasteiger partial charge is 0.0523 e. The average molecular weight is 170 g/mol. The van der Waals surface area contributed by atoms with E-state index < -0.39 is 0 Å². The summed E-state index contributed by atoms with van der Waals surface area (Å²) in [6.07, 6.45) is 0.792. The molecule has 0 aliphatic rings. The Hall–Kier alpha value is -0.330. The lowest BCUT2D eigenvalue weighted by molar-refractivity contribution is 0.532. The lowest BCUT2D eigenvalue weighted by Gasteiger charge is -2.25. The fourth-order valence-electron chi connectivity index (χ4n) is 1.00. The largest absolute Gasteiger partial charge is 0.288 e. The summed E-state index contributed by atoms with van der Waals surface area (Å²) in [5, 5.41) is 0. The van der Waals surface area contributed by atoms with Crippen molar-refractivity contribution in [1.29, 1.82) is 0 Å². The van der Waals surface area contributed by atoms with Crippen molar-refractivity contribution in [2.45, 2.75) is 60.4 Å². The zero-order valence-electron chi connectivity index (χ0n) is 10.4. The number of hydrogen-bond acceptors (Lipinski definition) is 1. The molecule has 0 radical (unpaired) electrons. The van der Waals surface area contributed by atoms with Gasteiger partial charge in [0.1, 0.15) is 0 Å². The van der Waals surface area contributed by atoms with Crippen LogP contribution in [0.2, 0.25) is 0 Å². The lowest BCUT2D eigenvalue weighted by Crippen LogP contribution is -2.24. The molecule has 0 spiro atoms. The molecule has 0 bridgehead atoms. The SMILES string of the molecule is [2H]CCC(=NC(C)(C)C)C(C)(C)C. The molecule has 0 aromatic rings. The molecule has 0 fully saturated rings. The van der Waals surface area contributed by atoms with E-state index in [-0.39, 0.29) is 11.0 Å². The minimum absolute atomic E-state index is 0.0161. The second-order valence-corrected chi connectivity index (χ2v) is 5.23. The second-order valence-electron chi connectivity index (χ2n) is 5.23. The fraction of sp³-hybridized carbons (Fsp3) is 0.909. The van der Waals surface area contributed by atoms with Crippen molar-refractivity contribution in [3.63, 3.8) is 0 Å². The van der Waals surface area contributed by atoms with Crippen molar-refractivity contribution in [2.24, 2.45) is 10.4 Å². The first kappa shape index (κ1) is 9.76. The molecule has 0 aromatic carbocycles. The van der Waals surface area contributed by atoms with Crippen LogP contribution in [0.15, 0.2) is 4.99 Å². The van der Waals surface area contributed by atoms with E-state index in [2.05, 4.69) is 46.5 Å². The van der Waals surface area contributed by atoms with Gasteiger partial charge in [-0.3, -0.25) is 4.99 Å². The highest BCUT2D eigenvalue weighted by Gasteiger charge is 2.19. The summed E-state index contributed by atoms with van der Waals surface area (Å²) in [5.41, 5.74) is 1.25. The molecule has 0 aliphatic heterocycles. The summed E-state index contributed by atoms with van der Waals surface area (Å²) in [5.74, 6) is 0. The maximum atomic E-state index is 7.24. The van der Waals surface area contributed by atoms with Gasteiger partial charge < -0.3 is 0 Å². The predicted molar refractivity (Wildman–Crippen MR) is 56.9 cm³/mol. The minimum Gasteiger partial charge on any atom is -0.288 e. The van der Waals surface area contributed by atoms with Gasteiger partial charge >= 0.3 is 0 Å². The van der Waals surface area contributed by atoms with Crippen LogP contribution in [0.3, 0.4) is 0 Å². The summed E-state index contributed by atoms with van der Waals surface area (Å²) in [7, 11) is 0. The second kappa shape index (κ2) is 3.59. The highest BCUT2D eigenvalue weighted by atomic mass is 14.8. The number of rotatable bonds is 1. The molecule has 12 heavy (non-hydrogen) atoms. The van der Waals surface area contributed by atoms with Crippen molar-refractivity contribution in [3.05, 3.63) is 0 Å². The van der Waals surface area contributed by atoms with Gasteiger partial charge in [0.05, 0.1) is 5.54 Å². The zero-order valence-corrected chi connectivity index (χ0v) is 9.36. The first-order chi connectivity index (χ1) is 5.67. The Labute approximate surface area is 78.7 Å². The van der Waals surface area contributed by atoms with E-state index in [4.69, 9.17) is 1.37 Å². The standard InChI is InChI=1S/C11H23N/c1-8-9(10(2,3)4)12-11(5,6)7/h8H2,1-7H3/i1D. The van der Waals surface area contributed by atoms with Crippen LogP contribution in [0.4, 0.5) is 0 Å². The van der Waals surface area contributed by atoms with E-state index in [1.807, 2.05) is 0 Å². The summed E-state index contributed by atoms with van der Waals surface area (Å²) in [4.78, 5) is 4.67. The van der Waals surface area contributed by atoms with E-state index in [1.54, 1.807) is 0 Å². The Morgan fingerprint density at radius 3 is 1.92 bits per heavy atom. The molecule has 72 valence electrons. The third kappa shape index (κ3) is 4.53. The van der Waals surface area contributed by atoms with Crippen LogP contribution < -0.4 is 0 Å². The van der Waals surface area contributed by atoms with Crippen LogP contribution >= 0.6 is 0 Å². The first-order valence-corrected chi connectivity index (χ1v) is 4.55. The molecule has 0 heterocycles. The van der Waals surface area contributed by atoms with Crippen molar-refractivity contribution >= 4 is 5.71 Å².